The zero-order valence-corrected chi connectivity index (χ0v) is 6.82. The summed E-state index contributed by atoms with van der Waals surface area (Å²) in [5, 5.41) is 7.21. The Morgan fingerprint density at radius 1 is 1.80 bits per heavy atom. The van der Waals surface area contributed by atoms with Gasteiger partial charge >= 0.3 is 0 Å². The molecule has 0 aromatic carbocycles. The molecule has 0 radical (unpaired) electrons. The van der Waals surface area contributed by atoms with Crippen molar-refractivity contribution in [1.82, 2.24) is 10.2 Å². The molecule has 56 valence electrons. The van der Waals surface area contributed by atoms with Crippen molar-refractivity contribution < 1.29 is 4.21 Å². The van der Waals surface area contributed by atoms with Gasteiger partial charge in [0, 0.05) is 12.3 Å². The summed E-state index contributed by atoms with van der Waals surface area (Å²) >= 11 is 1.29. The smallest absolute Gasteiger partial charge is 0.204 e. The van der Waals surface area contributed by atoms with Crippen molar-refractivity contribution in [3.05, 3.63) is 5.51 Å². The molecule has 0 aliphatic heterocycles. The molecule has 4 nitrogen and oxygen atoms in total. The topological polar surface area (TPSA) is 68.9 Å². The average Bonchev–Trinajstić information content (AvgIpc) is 2.38. The molecule has 1 atom stereocenters. The van der Waals surface area contributed by atoms with Crippen molar-refractivity contribution in [2.75, 3.05) is 12.3 Å². The van der Waals surface area contributed by atoms with Crippen LogP contribution < -0.4 is 5.73 Å². The molecular formula is C4H7N3OS2. The Bertz CT molecular complexity index is 210. The van der Waals surface area contributed by atoms with Gasteiger partial charge in [0.1, 0.15) is 5.51 Å². The summed E-state index contributed by atoms with van der Waals surface area (Å²) in [7, 11) is -1.03. The van der Waals surface area contributed by atoms with Crippen molar-refractivity contribution in [2.45, 2.75) is 4.34 Å². The Labute approximate surface area is 64.9 Å². The first kappa shape index (κ1) is 7.77. The molecule has 0 saturated heterocycles. The van der Waals surface area contributed by atoms with Crippen molar-refractivity contribution >= 4 is 22.1 Å². The second kappa shape index (κ2) is 3.75. The standard InChI is InChI=1S/C4H7N3OS2/c5-1-2-10(8)4-7-6-3-9-4/h3H,1-2,5H2. The van der Waals surface area contributed by atoms with Crippen LogP contribution in [0.3, 0.4) is 0 Å². The molecule has 0 aliphatic rings. The minimum Gasteiger partial charge on any atom is -0.330 e. The summed E-state index contributed by atoms with van der Waals surface area (Å²) in [6.07, 6.45) is 0. The molecule has 0 fully saturated rings. The normalized spacial score (nSPS) is 13.3. The summed E-state index contributed by atoms with van der Waals surface area (Å²) in [4.78, 5) is 0. The van der Waals surface area contributed by atoms with Gasteiger partial charge in [-0.05, 0) is 0 Å². The van der Waals surface area contributed by atoms with Gasteiger partial charge in [-0.1, -0.05) is 11.3 Å². The van der Waals surface area contributed by atoms with Crippen LogP contribution >= 0.6 is 11.3 Å². The van der Waals surface area contributed by atoms with E-state index in [-0.39, 0.29) is 0 Å². The van der Waals surface area contributed by atoms with Crippen LogP contribution in [0.4, 0.5) is 0 Å². The van der Waals surface area contributed by atoms with Gasteiger partial charge in [-0.25, -0.2) is 0 Å². The lowest BCUT2D eigenvalue weighted by Gasteiger charge is -1.90. The van der Waals surface area contributed by atoms with Crippen LogP contribution in [-0.4, -0.2) is 26.7 Å². The van der Waals surface area contributed by atoms with E-state index >= 15 is 0 Å². The van der Waals surface area contributed by atoms with Crippen LogP contribution in [0.25, 0.3) is 0 Å². The second-order valence-corrected chi connectivity index (χ2v) is 4.12. The molecule has 1 aromatic heterocycles. The lowest BCUT2D eigenvalue weighted by Crippen LogP contribution is -2.10. The Balaban J connectivity index is 2.59. The summed E-state index contributed by atoms with van der Waals surface area (Å²) < 4.78 is 11.6. The number of hydrogen-bond acceptors (Lipinski definition) is 5. The lowest BCUT2D eigenvalue weighted by molar-refractivity contribution is 0.681. The molecule has 1 heterocycles. The Morgan fingerprint density at radius 2 is 2.60 bits per heavy atom. The van der Waals surface area contributed by atoms with E-state index in [4.69, 9.17) is 5.73 Å². The molecule has 1 unspecified atom stereocenters. The SMILES string of the molecule is NCCS(=O)c1nncs1. The van der Waals surface area contributed by atoms with E-state index in [0.29, 0.717) is 16.6 Å². The molecule has 0 amide bonds. The van der Waals surface area contributed by atoms with Crippen molar-refractivity contribution in [3.63, 3.8) is 0 Å². The van der Waals surface area contributed by atoms with E-state index in [9.17, 15) is 4.21 Å². The number of nitrogens with two attached hydrogens (primary N) is 1. The summed E-state index contributed by atoms with van der Waals surface area (Å²) in [6, 6.07) is 0. The minimum absolute atomic E-state index is 0.423. The van der Waals surface area contributed by atoms with E-state index in [2.05, 4.69) is 10.2 Å². The predicted octanol–water partition coefficient (Wildman–Crippen LogP) is -0.396. The van der Waals surface area contributed by atoms with E-state index in [1.807, 2.05) is 0 Å². The highest BCUT2D eigenvalue weighted by Crippen LogP contribution is 2.06. The van der Waals surface area contributed by atoms with E-state index < -0.39 is 10.8 Å². The van der Waals surface area contributed by atoms with Crippen molar-refractivity contribution in [1.29, 1.82) is 0 Å². The predicted molar refractivity (Wildman–Crippen MR) is 40.2 cm³/mol. The molecule has 0 saturated carbocycles. The van der Waals surface area contributed by atoms with Crippen LogP contribution in [0, 0.1) is 0 Å². The molecule has 10 heavy (non-hydrogen) atoms. The molecule has 1 aromatic rings. The van der Waals surface area contributed by atoms with Crippen LogP contribution in [-0.2, 0) is 10.8 Å². The fraction of sp³-hybridized carbons (Fsp3) is 0.500. The van der Waals surface area contributed by atoms with Gasteiger partial charge in [0.05, 0.1) is 10.8 Å². The molecular weight excluding hydrogens is 170 g/mol. The van der Waals surface area contributed by atoms with E-state index in [1.54, 1.807) is 5.51 Å². The van der Waals surface area contributed by atoms with Crippen LogP contribution in [0.1, 0.15) is 0 Å². The Morgan fingerprint density at radius 3 is 3.10 bits per heavy atom. The van der Waals surface area contributed by atoms with Gasteiger partial charge in [-0.15, -0.1) is 10.2 Å². The first-order valence-corrected chi connectivity index (χ1v) is 4.89. The maximum absolute atomic E-state index is 11.0. The zero-order valence-electron chi connectivity index (χ0n) is 5.19. The molecule has 0 bridgehead atoms. The largest absolute Gasteiger partial charge is 0.330 e. The maximum Gasteiger partial charge on any atom is 0.204 e. The fourth-order valence-electron chi connectivity index (χ4n) is 0.456. The van der Waals surface area contributed by atoms with Crippen LogP contribution in [0.15, 0.2) is 9.85 Å². The number of rotatable bonds is 3. The quantitative estimate of drug-likeness (QED) is 0.682. The minimum atomic E-state index is -1.03. The summed E-state index contributed by atoms with van der Waals surface area (Å²) in [6.45, 7) is 0.423. The Kier molecular flexibility index (Phi) is 2.91. The van der Waals surface area contributed by atoms with E-state index in [0.717, 1.165) is 0 Å². The van der Waals surface area contributed by atoms with Gasteiger partial charge in [0.15, 0.2) is 0 Å². The lowest BCUT2D eigenvalue weighted by atomic mass is 10.8. The summed E-state index contributed by atoms with van der Waals surface area (Å²) in [5.41, 5.74) is 6.76. The fourth-order valence-corrected chi connectivity index (χ4v) is 2.07. The molecule has 0 aliphatic carbocycles. The summed E-state index contributed by atoms with van der Waals surface area (Å²) in [5.74, 6) is 0.467. The highest BCUT2D eigenvalue weighted by atomic mass is 32.2. The first-order valence-electron chi connectivity index (χ1n) is 2.69. The highest BCUT2D eigenvalue weighted by Gasteiger charge is 2.04. The molecule has 0 spiro atoms. The third kappa shape index (κ3) is 1.83. The van der Waals surface area contributed by atoms with Crippen molar-refractivity contribution in [2.24, 2.45) is 5.73 Å². The molecule has 2 N–H and O–H groups in total. The maximum atomic E-state index is 11.0. The zero-order chi connectivity index (χ0) is 7.40. The Hall–Kier alpha value is -0.330. The molecule has 1 rings (SSSR count). The second-order valence-electron chi connectivity index (χ2n) is 1.54. The van der Waals surface area contributed by atoms with Crippen molar-refractivity contribution in [3.8, 4) is 0 Å². The third-order valence-corrected chi connectivity index (χ3v) is 3.25. The monoisotopic (exact) mass is 177 g/mol. The average molecular weight is 177 g/mol. The highest BCUT2D eigenvalue weighted by molar-refractivity contribution is 7.87. The van der Waals surface area contributed by atoms with Crippen LogP contribution in [0.5, 0.6) is 0 Å². The van der Waals surface area contributed by atoms with E-state index in [1.165, 1.54) is 11.3 Å². The number of hydrogen-bond donors (Lipinski definition) is 1. The molecule has 6 heteroatoms. The first-order chi connectivity index (χ1) is 4.84. The van der Waals surface area contributed by atoms with Gasteiger partial charge in [0.2, 0.25) is 4.34 Å². The van der Waals surface area contributed by atoms with Gasteiger partial charge in [-0.2, -0.15) is 0 Å². The van der Waals surface area contributed by atoms with Crippen LogP contribution in [0.2, 0.25) is 0 Å². The van der Waals surface area contributed by atoms with Gasteiger partial charge in [-0.3, -0.25) is 4.21 Å². The van der Waals surface area contributed by atoms with Gasteiger partial charge in [0.25, 0.3) is 0 Å². The van der Waals surface area contributed by atoms with Gasteiger partial charge < -0.3 is 5.73 Å². The third-order valence-electron chi connectivity index (χ3n) is 0.838. The number of nitrogens with zero attached hydrogens (tertiary/aromatic N) is 2. The number of aromatic nitrogens is 2.